The monoisotopic (exact) mass is 152 g/mol. The van der Waals surface area contributed by atoms with Crippen LogP contribution in [0.15, 0.2) is 0 Å². The summed E-state index contributed by atoms with van der Waals surface area (Å²) in [5.74, 6) is 3.21. The van der Waals surface area contributed by atoms with E-state index in [1.807, 2.05) is 0 Å². The minimum Gasteiger partial charge on any atom is -0.0651 e. The van der Waals surface area contributed by atoms with Crippen LogP contribution in [0, 0.1) is 23.2 Å². The number of rotatable bonds is 1. The molecule has 0 N–H and O–H groups in total. The highest BCUT2D eigenvalue weighted by Gasteiger charge is 2.51. The molecular weight excluding hydrogens is 132 g/mol. The van der Waals surface area contributed by atoms with Gasteiger partial charge in [-0.25, -0.2) is 0 Å². The summed E-state index contributed by atoms with van der Waals surface area (Å²) in [6, 6.07) is 0. The van der Waals surface area contributed by atoms with E-state index in [9.17, 15) is 0 Å². The second kappa shape index (κ2) is 2.24. The Morgan fingerprint density at radius 3 is 2.36 bits per heavy atom. The van der Waals surface area contributed by atoms with Gasteiger partial charge in [-0.3, -0.25) is 0 Å². The van der Waals surface area contributed by atoms with Crippen LogP contribution in [-0.4, -0.2) is 0 Å². The quantitative estimate of drug-likeness (QED) is 0.539. The van der Waals surface area contributed by atoms with Gasteiger partial charge in [-0.05, 0) is 42.4 Å². The van der Waals surface area contributed by atoms with Crippen LogP contribution in [0.3, 0.4) is 0 Å². The summed E-state index contributed by atoms with van der Waals surface area (Å²) in [4.78, 5) is 0. The van der Waals surface area contributed by atoms with Crippen molar-refractivity contribution in [3.05, 3.63) is 0 Å². The summed E-state index contributed by atoms with van der Waals surface area (Å²) in [5, 5.41) is 0. The predicted molar refractivity (Wildman–Crippen MR) is 48.4 cm³/mol. The van der Waals surface area contributed by atoms with Crippen molar-refractivity contribution in [2.75, 3.05) is 0 Å². The van der Waals surface area contributed by atoms with Gasteiger partial charge in [0.1, 0.15) is 0 Å². The zero-order valence-corrected chi connectivity index (χ0v) is 8.06. The van der Waals surface area contributed by atoms with Gasteiger partial charge < -0.3 is 0 Å². The van der Waals surface area contributed by atoms with Gasteiger partial charge in [0.05, 0.1) is 0 Å². The number of hydrogen-bond donors (Lipinski definition) is 0. The molecule has 11 heavy (non-hydrogen) atoms. The molecule has 0 radical (unpaired) electrons. The van der Waals surface area contributed by atoms with Gasteiger partial charge in [-0.1, -0.05) is 27.2 Å². The van der Waals surface area contributed by atoms with Gasteiger partial charge in [-0.15, -0.1) is 0 Å². The first-order chi connectivity index (χ1) is 5.16. The molecule has 2 saturated carbocycles. The fraction of sp³-hybridized carbons (Fsp3) is 1.00. The molecule has 0 amide bonds. The lowest BCUT2D eigenvalue weighted by Gasteiger charge is -2.37. The van der Waals surface area contributed by atoms with Crippen molar-refractivity contribution in [3.63, 3.8) is 0 Å². The van der Waals surface area contributed by atoms with Crippen molar-refractivity contribution in [3.8, 4) is 0 Å². The standard InChI is InChI=1S/C11H20/c1-4-10-8-5-6-9(7-8)11(10,2)3/h8-10H,4-7H2,1-3H3/t8?,9?,10-/m0/s1. The van der Waals surface area contributed by atoms with E-state index in [4.69, 9.17) is 0 Å². The largest absolute Gasteiger partial charge is 0.0651 e. The van der Waals surface area contributed by atoms with E-state index >= 15 is 0 Å². The van der Waals surface area contributed by atoms with E-state index < -0.39 is 0 Å². The van der Waals surface area contributed by atoms with E-state index in [0.717, 1.165) is 17.8 Å². The summed E-state index contributed by atoms with van der Waals surface area (Å²) >= 11 is 0. The second-order valence-corrected chi connectivity index (χ2v) is 5.11. The normalized spacial score (nSPS) is 46.6. The minimum atomic E-state index is 0.678. The smallest absolute Gasteiger partial charge is 0.0295 e. The summed E-state index contributed by atoms with van der Waals surface area (Å²) in [7, 11) is 0. The topological polar surface area (TPSA) is 0 Å². The Kier molecular flexibility index (Phi) is 1.56. The van der Waals surface area contributed by atoms with Gasteiger partial charge in [0.25, 0.3) is 0 Å². The molecule has 0 heteroatoms. The van der Waals surface area contributed by atoms with Crippen LogP contribution in [0.1, 0.15) is 46.5 Å². The zero-order valence-electron chi connectivity index (χ0n) is 8.06. The van der Waals surface area contributed by atoms with Crippen molar-refractivity contribution in [2.24, 2.45) is 23.2 Å². The Morgan fingerprint density at radius 1 is 1.27 bits per heavy atom. The average molecular weight is 152 g/mol. The highest BCUT2D eigenvalue weighted by Crippen LogP contribution is 2.60. The van der Waals surface area contributed by atoms with Crippen molar-refractivity contribution >= 4 is 0 Å². The zero-order chi connectivity index (χ0) is 8.06. The molecule has 2 unspecified atom stereocenters. The number of fused-ring (bicyclic) bond motifs is 2. The Labute approximate surface area is 70.4 Å². The van der Waals surface area contributed by atoms with Gasteiger partial charge in [-0.2, -0.15) is 0 Å². The van der Waals surface area contributed by atoms with Gasteiger partial charge in [0.15, 0.2) is 0 Å². The fourth-order valence-corrected chi connectivity index (χ4v) is 3.83. The summed E-state index contributed by atoms with van der Waals surface area (Å²) < 4.78 is 0. The molecule has 2 aliphatic carbocycles. The molecule has 2 aliphatic rings. The first kappa shape index (κ1) is 7.64. The van der Waals surface area contributed by atoms with Crippen LogP contribution in [-0.2, 0) is 0 Å². The summed E-state index contributed by atoms with van der Waals surface area (Å²) in [5.41, 5.74) is 0.678. The van der Waals surface area contributed by atoms with Crippen molar-refractivity contribution in [1.82, 2.24) is 0 Å². The van der Waals surface area contributed by atoms with Gasteiger partial charge in [0.2, 0.25) is 0 Å². The van der Waals surface area contributed by atoms with E-state index in [2.05, 4.69) is 20.8 Å². The molecule has 0 saturated heterocycles. The van der Waals surface area contributed by atoms with Crippen LogP contribution < -0.4 is 0 Å². The molecule has 3 atom stereocenters. The SMILES string of the molecule is CC[C@H]1C2CCC(C2)C1(C)C. The molecule has 0 aromatic rings. The Morgan fingerprint density at radius 2 is 2.00 bits per heavy atom. The molecule has 0 aromatic heterocycles. The van der Waals surface area contributed by atoms with E-state index in [-0.39, 0.29) is 0 Å². The Hall–Kier alpha value is 0. The van der Waals surface area contributed by atoms with Crippen LogP contribution >= 0.6 is 0 Å². The third-order valence-corrected chi connectivity index (χ3v) is 4.49. The molecular formula is C11H20. The van der Waals surface area contributed by atoms with Gasteiger partial charge >= 0.3 is 0 Å². The maximum Gasteiger partial charge on any atom is -0.0295 e. The molecule has 2 fully saturated rings. The highest BCUT2D eigenvalue weighted by molar-refractivity contribution is 5.00. The molecule has 0 aromatic carbocycles. The second-order valence-electron chi connectivity index (χ2n) is 5.11. The van der Waals surface area contributed by atoms with Crippen LogP contribution in [0.5, 0.6) is 0 Å². The predicted octanol–water partition coefficient (Wildman–Crippen LogP) is 3.47. The third kappa shape index (κ3) is 0.878. The van der Waals surface area contributed by atoms with Crippen molar-refractivity contribution in [2.45, 2.75) is 46.5 Å². The van der Waals surface area contributed by atoms with E-state index in [0.29, 0.717) is 5.41 Å². The lowest BCUT2D eigenvalue weighted by atomic mass is 9.68. The summed E-state index contributed by atoms with van der Waals surface area (Å²) in [6.45, 7) is 7.35. The molecule has 0 nitrogen and oxygen atoms in total. The van der Waals surface area contributed by atoms with Crippen LogP contribution in [0.2, 0.25) is 0 Å². The van der Waals surface area contributed by atoms with E-state index in [1.54, 1.807) is 6.42 Å². The Bertz CT molecular complexity index is 157. The molecule has 0 heterocycles. The molecule has 0 spiro atoms. The first-order valence-corrected chi connectivity index (χ1v) is 5.16. The molecule has 2 bridgehead atoms. The molecule has 0 aliphatic heterocycles. The molecule has 2 rings (SSSR count). The average Bonchev–Trinajstić information content (AvgIpc) is 2.44. The summed E-state index contributed by atoms with van der Waals surface area (Å²) in [6.07, 6.45) is 6.01. The third-order valence-electron chi connectivity index (χ3n) is 4.49. The lowest BCUT2D eigenvalue weighted by Crippen LogP contribution is -2.29. The first-order valence-electron chi connectivity index (χ1n) is 5.16. The van der Waals surface area contributed by atoms with Crippen molar-refractivity contribution < 1.29 is 0 Å². The molecule has 64 valence electrons. The lowest BCUT2D eigenvalue weighted by molar-refractivity contribution is 0.119. The Balaban J connectivity index is 2.21. The minimum absolute atomic E-state index is 0.678. The maximum atomic E-state index is 2.49. The fourth-order valence-electron chi connectivity index (χ4n) is 3.83. The highest BCUT2D eigenvalue weighted by atomic mass is 14.6. The number of hydrogen-bond acceptors (Lipinski definition) is 0. The maximum absolute atomic E-state index is 2.49. The van der Waals surface area contributed by atoms with E-state index in [1.165, 1.54) is 19.3 Å². The van der Waals surface area contributed by atoms with Crippen LogP contribution in [0.25, 0.3) is 0 Å². The van der Waals surface area contributed by atoms with Crippen molar-refractivity contribution in [1.29, 1.82) is 0 Å². The van der Waals surface area contributed by atoms with Crippen LogP contribution in [0.4, 0.5) is 0 Å². The van der Waals surface area contributed by atoms with Gasteiger partial charge in [0, 0.05) is 0 Å².